The number of morpholine rings is 1. The number of aliphatic hydroxyl groups excluding tert-OH is 1. The van der Waals surface area contributed by atoms with E-state index in [1.165, 1.54) is 0 Å². The lowest BCUT2D eigenvalue weighted by Crippen LogP contribution is -2.42. The summed E-state index contributed by atoms with van der Waals surface area (Å²) in [5.41, 5.74) is 0.806. The van der Waals surface area contributed by atoms with Crippen LogP contribution in [0.15, 0.2) is 28.8 Å². The second-order valence-electron chi connectivity index (χ2n) is 5.60. The number of benzene rings is 1. The maximum atomic E-state index is 10.1. The molecule has 1 aliphatic heterocycles. The Morgan fingerprint density at radius 2 is 2.21 bits per heavy atom. The highest BCUT2D eigenvalue weighted by Gasteiger charge is 2.16. The summed E-state index contributed by atoms with van der Waals surface area (Å²) in [4.78, 5) is 6.46. The number of aromatic nitrogens is 2. The van der Waals surface area contributed by atoms with E-state index in [2.05, 4.69) is 20.4 Å². The van der Waals surface area contributed by atoms with Gasteiger partial charge < -0.3 is 24.4 Å². The fourth-order valence-corrected chi connectivity index (χ4v) is 2.53. The summed E-state index contributed by atoms with van der Waals surface area (Å²) in [6.45, 7) is 4.06. The number of nitrogens with zero attached hydrogens (tertiary/aromatic N) is 3. The van der Waals surface area contributed by atoms with Crippen molar-refractivity contribution < 1.29 is 19.1 Å². The summed E-state index contributed by atoms with van der Waals surface area (Å²) in [6, 6.07) is 7.72. The van der Waals surface area contributed by atoms with E-state index in [1.54, 1.807) is 7.11 Å². The Morgan fingerprint density at radius 1 is 1.38 bits per heavy atom. The van der Waals surface area contributed by atoms with Crippen LogP contribution in [-0.2, 0) is 4.74 Å². The molecule has 1 fully saturated rings. The van der Waals surface area contributed by atoms with Gasteiger partial charge in [-0.15, -0.1) is 0 Å². The highest BCUT2D eigenvalue weighted by Crippen LogP contribution is 2.22. The van der Waals surface area contributed by atoms with Gasteiger partial charge in [-0.1, -0.05) is 17.3 Å². The van der Waals surface area contributed by atoms with Crippen LogP contribution in [0, 0.1) is 0 Å². The van der Waals surface area contributed by atoms with Crippen LogP contribution >= 0.6 is 0 Å². The van der Waals surface area contributed by atoms with Crippen LogP contribution in [0.5, 0.6) is 5.75 Å². The molecular weight excluding hydrogens is 312 g/mol. The minimum atomic E-state index is -0.518. The third kappa shape index (κ3) is 4.44. The zero-order valence-corrected chi connectivity index (χ0v) is 13.6. The predicted octanol–water partition coefficient (Wildman–Crippen LogP) is 0.850. The molecular formula is C16H22N4O4. The molecule has 2 aromatic rings. The van der Waals surface area contributed by atoms with Gasteiger partial charge in [0, 0.05) is 31.7 Å². The molecule has 1 atom stereocenters. The van der Waals surface area contributed by atoms with E-state index in [9.17, 15) is 5.11 Å². The van der Waals surface area contributed by atoms with E-state index in [0.717, 1.165) is 24.4 Å². The largest absolute Gasteiger partial charge is 0.497 e. The van der Waals surface area contributed by atoms with E-state index in [4.69, 9.17) is 14.0 Å². The second-order valence-corrected chi connectivity index (χ2v) is 5.60. The molecule has 0 radical (unpaired) electrons. The fraction of sp³-hybridized carbons (Fsp3) is 0.500. The Morgan fingerprint density at radius 3 is 3.00 bits per heavy atom. The average Bonchev–Trinajstić information content (AvgIpc) is 3.10. The van der Waals surface area contributed by atoms with Crippen molar-refractivity contribution in [3.8, 4) is 17.1 Å². The van der Waals surface area contributed by atoms with E-state index >= 15 is 0 Å². The van der Waals surface area contributed by atoms with Gasteiger partial charge in [-0.3, -0.25) is 4.90 Å². The lowest BCUT2D eigenvalue weighted by atomic mass is 10.2. The Balaban J connectivity index is 1.52. The first-order chi connectivity index (χ1) is 11.7. The van der Waals surface area contributed by atoms with Gasteiger partial charge >= 0.3 is 6.01 Å². The molecule has 2 heterocycles. The van der Waals surface area contributed by atoms with Crippen LogP contribution in [0.2, 0.25) is 0 Å². The van der Waals surface area contributed by atoms with Crippen molar-refractivity contribution in [1.82, 2.24) is 15.0 Å². The molecule has 0 amide bonds. The molecule has 1 saturated heterocycles. The normalized spacial score (nSPS) is 16.8. The van der Waals surface area contributed by atoms with Gasteiger partial charge in [-0.2, -0.15) is 4.98 Å². The number of methoxy groups -OCH3 is 1. The lowest BCUT2D eigenvalue weighted by Gasteiger charge is -2.28. The molecule has 8 nitrogen and oxygen atoms in total. The first-order valence-corrected chi connectivity index (χ1v) is 7.95. The van der Waals surface area contributed by atoms with Crippen LogP contribution in [0.3, 0.4) is 0 Å². The van der Waals surface area contributed by atoms with Gasteiger partial charge in [0.2, 0.25) is 5.82 Å². The van der Waals surface area contributed by atoms with Crippen LogP contribution in [0.4, 0.5) is 6.01 Å². The third-order valence-electron chi connectivity index (χ3n) is 3.82. The quantitative estimate of drug-likeness (QED) is 0.770. The fourth-order valence-electron chi connectivity index (χ4n) is 2.53. The highest BCUT2D eigenvalue weighted by molar-refractivity contribution is 5.57. The Hall–Kier alpha value is -2.16. The Kier molecular flexibility index (Phi) is 5.63. The number of nitrogens with one attached hydrogen (secondary N) is 1. The summed E-state index contributed by atoms with van der Waals surface area (Å²) >= 11 is 0. The van der Waals surface area contributed by atoms with E-state index in [1.807, 2.05) is 24.3 Å². The molecule has 24 heavy (non-hydrogen) atoms. The monoisotopic (exact) mass is 334 g/mol. The van der Waals surface area contributed by atoms with Crippen molar-refractivity contribution in [3.05, 3.63) is 24.3 Å². The molecule has 1 unspecified atom stereocenters. The molecule has 130 valence electrons. The van der Waals surface area contributed by atoms with Crippen LogP contribution in [-0.4, -0.2) is 72.8 Å². The number of ether oxygens (including phenoxy) is 2. The Bertz CT molecular complexity index is 643. The Labute approximate surface area is 140 Å². The van der Waals surface area contributed by atoms with Gasteiger partial charge in [-0.25, -0.2) is 0 Å². The standard InChI is InChI=1S/C16H22N4O4/c1-22-14-4-2-3-12(9-14)15-18-16(24-19-15)17-10-13(21)11-20-5-7-23-8-6-20/h2-4,9,13,21H,5-8,10-11H2,1H3,(H,17,18,19). The number of aliphatic hydroxyl groups is 1. The van der Waals surface area contributed by atoms with Crippen LogP contribution in [0.1, 0.15) is 0 Å². The van der Waals surface area contributed by atoms with Crippen molar-refractivity contribution in [3.63, 3.8) is 0 Å². The summed E-state index contributed by atoms with van der Waals surface area (Å²) in [5, 5.41) is 17.0. The van der Waals surface area contributed by atoms with E-state index in [-0.39, 0.29) is 6.01 Å². The third-order valence-corrected chi connectivity index (χ3v) is 3.82. The molecule has 1 aliphatic rings. The van der Waals surface area contributed by atoms with Gasteiger partial charge in [0.05, 0.1) is 26.4 Å². The number of hydrogen-bond acceptors (Lipinski definition) is 8. The van der Waals surface area contributed by atoms with Crippen molar-refractivity contribution in [2.75, 3.05) is 51.8 Å². The van der Waals surface area contributed by atoms with Crippen LogP contribution < -0.4 is 10.1 Å². The topological polar surface area (TPSA) is 92.9 Å². The average molecular weight is 334 g/mol. The smallest absolute Gasteiger partial charge is 0.321 e. The van der Waals surface area contributed by atoms with E-state index in [0.29, 0.717) is 32.1 Å². The summed E-state index contributed by atoms with van der Waals surface area (Å²) in [7, 11) is 1.61. The molecule has 1 aromatic heterocycles. The molecule has 8 heteroatoms. The van der Waals surface area contributed by atoms with Gasteiger partial charge in [0.25, 0.3) is 0 Å². The second kappa shape index (κ2) is 8.09. The van der Waals surface area contributed by atoms with Crippen LogP contribution in [0.25, 0.3) is 11.4 Å². The van der Waals surface area contributed by atoms with Crippen molar-refractivity contribution >= 4 is 6.01 Å². The number of rotatable bonds is 7. The molecule has 0 bridgehead atoms. The zero-order valence-electron chi connectivity index (χ0n) is 13.6. The van der Waals surface area contributed by atoms with E-state index < -0.39 is 6.10 Å². The number of anilines is 1. The number of hydrogen-bond donors (Lipinski definition) is 2. The van der Waals surface area contributed by atoms with Crippen molar-refractivity contribution in [1.29, 1.82) is 0 Å². The minimum absolute atomic E-state index is 0.286. The summed E-state index contributed by atoms with van der Waals surface area (Å²) in [5.74, 6) is 1.20. The first-order valence-electron chi connectivity index (χ1n) is 7.95. The first kappa shape index (κ1) is 16.7. The maximum absolute atomic E-state index is 10.1. The van der Waals surface area contributed by atoms with Gasteiger partial charge in [0.15, 0.2) is 0 Å². The molecule has 0 spiro atoms. The maximum Gasteiger partial charge on any atom is 0.321 e. The molecule has 3 rings (SSSR count). The molecule has 2 N–H and O–H groups in total. The van der Waals surface area contributed by atoms with Crippen molar-refractivity contribution in [2.24, 2.45) is 0 Å². The summed E-state index contributed by atoms with van der Waals surface area (Å²) < 4.78 is 15.7. The predicted molar refractivity (Wildman–Crippen MR) is 88.0 cm³/mol. The molecule has 1 aromatic carbocycles. The molecule has 0 aliphatic carbocycles. The number of β-amino-alcohol motifs (C(OH)–C–C–N with tert-alkyl or cyclic N) is 1. The lowest BCUT2D eigenvalue weighted by molar-refractivity contribution is 0.0170. The molecule has 0 saturated carbocycles. The van der Waals surface area contributed by atoms with Gasteiger partial charge in [0.1, 0.15) is 5.75 Å². The van der Waals surface area contributed by atoms with Gasteiger partial charge in [-0.05, 0) is 12.1 Å². The minimum Gasteiger partial charge on any atom is -0.497 e. The SMILES string of the molecule is COc1cccc(-c2noc(NCC(O)CN3CCOCC3)n2)c1. The summed E-state index contributed by atoms with van der Waals surface area (Å²) in [6.07, 6.45) is -0.518. The highest BCUT2D eigenvalue weighted by atomic mass is 16.5. The van der Waals surface area contributed by atoms with Crippen molar-refractivity contribution in [2.45, 2.75) is 6.10 Å². The zero-order chi connectivity index (χ0) is 16.8.